The van der Waals surface area contributed by atoms with E-state index in [-0.39, 0.29) is 25.8 Å². The molecule has 2 unspecified atom stereocenters. The summed E-state index contributed by atoms with van der Waals surface area (Å²) < 4.78 is 34.8. The Bertz CT molecular complexity index is 1340. The third kappa shape index (κ3) is 54.5. The summed E-state index contributed by atoms with van der Waals surface area (Å²) in [6.45, 7) is 5.26. The largest absolute Gasteiger partial charge is 0.756 e. The van der Waals surface area contributed by atoms with Crippen LogP contribution in [0.1, 0.15) is 219 Å². The van der Waals surface area contributed by atoms with Gasteiger partial charge in [-0.1, -0.05) is 208 Å². The molecule has 0 heterocycles. The van der Waals surface area contributed by atoms with Gasteiger partial charge in [-0.05, 0) is 89.9 Å². The van der Waals surface area contributed by atoms with Crippen LogP contribution in [0.25, 0.3) is 0 Å². The number of quaternary nitrogens is 1. The molecule has 0 spiro atoms. The lowest BCUT2D eigenvalue weighted by Crippen LogP contribution is -2.37. The minimum Gasteiger partial charge on any atom is -0.756 e. The van der Waals surface area contributed by atoms with Gasteiger partial charge in [0.25, 0.3) is 7.82 Å². The molecule has 9 heteroatoms. The fourth-order valence-electron chi connectivity index (χ4n) is 7.25. The minimum absolute atomic E-state index is 0.0188. The smallest absolute Gasteiger partial charge is 0.306 e. The summed E-state index contributed by atoms with van der Waals surface area (Å²) in [6, 6.07) is 0. The molecule has 0 aliphatic carbocycles. The van der Waals surface area contributed by atoms with Crippen LogP contribution in [0.4, 0.5) is 0 Å². The number of esters is 1. The van der Waals surface area contributed by atoms with Crippen molar-refractivity contribution in [3.8, 4) is 0 Å². The van der Waals surface area contributed by atoms with Crippen LogP contribution in [-0.2, 0) is 27.9 Å². The summed E-state index contributed by atoms with van der Waals surface area (Å²) in [5, 5.41) is 0. The van der Waals surface area contributed by atoms with Crippen LogP contribution in [0.5, 0.6) is 0 Å². The number of carbonyl (C=O) groups is 1. The Hall–Kier alpha value is -2.32. The van der Waals surface area contributed by atoms with Gasteiger partial charge < -0.3 is 27.9 Å². The van der Waals surface area contributed by atoms with E-state index in [1.165, 1.54) is 116 Å². The van der Waals surface area contributed by atoms with Crippen molar-refractivity contribution in [2.45, 2.75) is 225 Å². The maximum atomic E-state index is 12.8. The topological polar surface area (TPSA) is 94.1 Å². The molecule has 0 N–H and O–H groups in total. The SMILES string of the molecule is CC/C=C\C/C=C\C/C=C\C/C=C\CCCCCCCCCOCC(COP(=O)([O-])OCC[N+](C)(C)C)OC(=O)CCCCCCCCCCCC/C=C\C/C=C\C/C=C\CCCCCCC. The first-order valence-electron chi connectivity index (χ1n) is 27.3. The molecule has 0 aliphatic heterocycles. The van der Waals surface area contributed by atoms with Crippen LogP contribution in [0, 0.1) is 0 Å². The first-order valence-corrected chi connectivity index (χ1v) is 28.8. The monoisotopic (exact) mass is 958 g/mol. The van der Waals surface area contributed by atoms with E-state index in [0.29, 0.717) is 24.1 Å². The highest BCUT2D eigenvalue weighted by Crippen LogP contribution is 2.38. The Balaban J connectivity index is 4.15. The molecule has 8 nitrogen and oxygen atoms in total. The predicted octanol–water partition coefficient (Wildman–Crippen LogP) is 16.5. The molecule has 0 saturated carbocycles. The number of allylic oxidation sites excluding steroid dienone is 14. The van der Waals surface area contributed by atoms with Crippen molar-refractivity contribution in [1.82, 2.24) is 0 Å². The Kier molecular flexibility index (Phi) is 48.3. The van der Waals surface area contributed by atoms with Gasteiger partial charge in [-0.3, -0.25) is 9.36 Å². The standard InChI is InChI=1S/C58H104NO7P/c1-6-8-10-12-14-16-18-20-22-24-26-28-29-30-31-32-33-35-37-39-41-43-45-47-49-51-58(60)66-57(56-65-67(61,62)64-54-52-59(3,4)5)55-63-53-50-48-46-44-42-40-38-36-34-27-25-23-21-19-17-15-13-11-9-7-2/h9,11,15,17-18,20-21,23-24,26-27,29-30,34,57H,6-8,10,12-14,16,19,22,25,28,31-33,35-56H2,1-5H3/b11-9-,17-15-,20-18-,23-21-,26-24-,30-29-,34-27-. The van der Waals surface area contributed by atoms with E-state index in [4.69, 9.17) is 18.5 Å². The molecule has 67 heavy (non-hydrogen) atoms. The summed E-state index contributed by atoms with van der Waals surface area (Å²) in [4.78, 5) is 25.2. The fourth-order valence-corrected chi connectivity index (χ4v) is 7.98. The van der Waals surface area contributed by atoms with Crippen LogP contribution in [0.3, 0.4) is 0 Å². The summed E-state index contributed by atoms with van der Waals surface area (Å²) in [6.07, 6.45) is 67.5. The van der Waals surface area contributed by atoms with E-state index in [1.807, 2.05) is 21.1 Å². The Labute approximate surface area is 414 Å². The van der Waals surface area contributed by atoms with Crippen molar-refractivity contribution < 1.29 is 37.3 Å². The maximum absolute atomic E-state index is 12.8. The summed E-state index contributed by atoms with van der Waals surface area (Å²) in [5.74, 6) is -0.344. The van der Waals surface area contributed by atoms with E-state index in [0.717, 1.165) is 83.5 Å². The molecule has 0 rings (SSSR count). The van der Waals surface area contributed by atoms with Gasteiger partial charge in [-0.25, -0.2) is 0 Å². The first-order chi connectivity index (χ1) is 32.6. The number of likely N-dealkylation sites (N-methyl/N-ethyl adjacent to an activating group) is 1. The number of phosphoric ester groups is 1. The number of carbonyl (C=O) groups excluding carboxylic acids is 1. The number of unbranched alkanes of at least 4 members (excludes halogenated alkanes) is 22. The second kappa shape index (κ2) is 50.1. The highest BCUT2D eigenvalue weighted by molar-refractivity contribution is 7.45. The van der Waals surface area contributed by atoms with Crippen molar-refractivity contribution in [2.24, 2.45) is 0 Å². The molecule has 0 amide bonds. The molecule has 0 aromatic heterocycles. The quantitative estimate of drug-likeness (QED) is 0.0197. The minimum atomic E-state index is -4.54. The lowest BCUT2D eigenvalue weighted by atomic mass is 10.0. The number of rotatable bonds is 50. The van der Waals surface area contributed by atoms with E-state index >= 15 is 0 Å². The van der Waals surface area contributed by atoms with E-state index in [9.17, 15) is 14.3 Å². The lowest BCUT2D eigenvalue weighted by molar-refractivity contribution is -0.870. The summed E-state index contributed by atoms with van der Waals surface area (Å²) >= 11 is 0. The molecule has 0 aliphatic rings. The predicted molar refractivity (Wildman–Crippen MR) is 286 cm³/mol. The number of hydrogen-bond acceptors (Lipinski definition) is 7. The number of phosphoric acid groups is 1. The van der Waals surface area contributed by atoms with Crippen molar-refractivity contribution in [3.05, 3.63) is 85.1 Å². The molecule has 0 bridgehead atoms. The van der Waals surface area contributed by atoms with Gasteiger partial charge in [-0.15, -0.1) is 0 Å². The molecular formula is C58H104NO7P. The van der Waals surface area contributed by atoms with Gasteiger partial charge in [-0.2, -0.15) is 0 Å². The van der Waals surface area contributed by atoms with Gasteiger partial charge in [0.05, 0.1) is 34.4 Å². The fraction of sp³-hybridized carbons (Fsp3) is 0.741. The Morgan fingerprint density at radius 1 is 0.478 bits per heavy atom. The third-order valence-corrected chi connectivity index (χ3v) is 12.4. The highest BCUT2D eigenvalue weighted by Gasteiger charge is 2.20. The zero-order valence-corrected chi connectivity index (χ0v) is 45.0. The first kappa shape index (κ1) is 64.7. The van der Waals surface area contributed by atoms with Gasteiger partial charge in [0, 0.05) is 13.0 Å². The Morgan fingerprint density at radius 2 is 0.866 bits per heavy atom. The molecule has 0 aromatic carbocycles. The highest BCUT2D eigenvalue weighted by atomic mass is 31.2. The second-order valence-electron chi connectivity index (χ2n) is 19.2. The number of hydrogen-bond donors (Lipinski definition) is 0. The van der Waals surface area contributed by atoms with Crippen molar-refractivity contribution in [1.29, 1.82) is 0 Å². The van der Waals surface area contributed by atoms with Crippen LogP contribution >= 0.6 is 7.82 Å². The molecular weight excluding hydrogens is 854 g/mol. The number of nitrogens with zero attached hydrogens (tertiary/aromatic N) is 1. The number of ether oxygens (including phenoxy) is 2. The van der Waals surface area contributed by atoms with E-state index in [1.54, 1.807) is 0 Å². The van der Waals surface area contributed by atoms with Gasteiger partial charge >= 0.3 is 5.97 Å². The van der Waals surface area contributed by atoms with Crippen LogP contribution in [-0.4, -0.2) is 70.7 Å². The zero-order valence-electron chi connectivity index (χ0n) is 44.1. The molecule has 0 saturated heterocycles. The van der Waals surface area contributed by atoms with Crippen molar-refractivity contribution >= 4 is 13.8 Å². The van der Waals surface area contributed by atoms with Crippen molar-refractivity contribution in [3.63, 3.8) is 0 Å². The van der Waals surface area contributed by atoms with Crippen molar-refractivity contribution in [2.75, 3.05) is 54.1 Å². The van der Waals surface area contributed by atoms with Crippen LogP contribution in [0.15, 0.2) is 85.1 Å². The molecule has 2 atom stereocenters. The molecule has 0 aromatic rings. The normalized spacial score (nSPS) is 14.2. The van der Waals surface area contributed by atoms with Crippen LogP contribution < -0.4 is 4.89 Å². The van der Waals surface area contributed by atoms with Gasteiger partial charge in [0.1, 0.15) is 19.3 Å². The molecule has 0 fully saturated rings. The average molecular weight is 958 g/mol. The van der Waals surface area contributed by atoms with E-state index in [2.05, 4.69) is 98.9 Å². The zero-order chi connectivity index (χ0) is 49.0. The molecule has 388 valence electrons. The average Bonchev–Trinajstić information content (AvgIpc) is 3.29. The Morgan fingerprint density at radius 3 is 1.30 bits per heavy atom. The summed E-state index contributed by atoms with van der Waals surface area (Å²) in [5.41, 5.74) is 0. The summed E-state index contributed by atoms with van der Waals surface area (Å²) in [7, 11) is 1.34. The second-order valence-corrected chi connectivity index (χ2v) is 20.6. The van der Waals surface area contributed by atoms with E-state index < -0.39 is 13.9 Å². The maximum Gasteiger partial charge on any atom is 0.306 e. The van der Waals surface area contributed by atoms with Gasteiger partial charge in [0.15, 0.2) is 0 Å². The third-order valence-electron chi connectivity index (χ3n) is 11.4. The van der Waals surface area contributed by atoms with Crippen LogP contribution in [0.2, 0.25) is 0 Å². The molecule has 0 radical (unpaired) electrons. The lowest BCUT2D eigenvalue weighted by Gasteiger charge is -2.28. The van der Waals surface area contributed by atoms with Gasteiger partial charge in [0.2, 0.25) is 0 Å².